The second kappa shape index (κ2) is 7.18. The fourth-order valence-corrected chi connectivity index (χ4v) is 3.73. The zero-order chi connectivity index (χ0) is 19.8. The molecule has 0 N–H and O–H groups in total. The van der Waals surface area contributed by atoms with E-state index < -0.39 is 5.41 Å². The first-order valence-electron chi connectivity index (χ1n) is 9.38. The molecule has 2 aromatic rings. The maximum absolute atomic E-state index is 13.1. The van der Waals surface area contributed by atoms with Gasteiger partial charge in [-0.05, 0) is 33.3 Å². The van der Waals surface area contributed by atoms with Gasteiger partial charge in [0.05, 0.1) is 16.7 Å². The Balaban J connectivity index is 1.68. The van der Waals surface area contributed by atoms with Crippen molar-refractivity contribution in [1.29, 1.82) is 0 Å². The van der Waals surface area contributed by atoms with Crippen LogP contribution in [0, 0.1) is 13.8 Å². The van der Waals surface area contributed by atoms with Gasteiger partial charge in [-0.3, -0.25) is 14.3 Å². The van der Waals surface area contributed by atoms with E-state index in [1.54, 1.807) is 4.68 Å². The summed E-state index contributed by atoms with van der Waals surface area (Å²) in [7, 11) is 1.85. The Morgan fingerprint density at radius 2 is 1.52 bits per heavy atom. The van der Waals surface area contributed by atoms with Crippen LogP contribution in [0.5, 0.6) is 0 Å². The zero-order valence-electron chi connectivity index (χ0n) is 16.8. The molecule has 0 atom stereocenters. The Bertz CT molecular complexity index is 847. The smallest absolute Gasteiger partial charge is 0.257 e. The Kier molecular flexibility index (Phi) is 5.09. The number of aryl methyl sites for hydroxylation is 2. The molecule has 0 aliphatic carbocycles. The molecule has 1 saturated heterocycles. The van der Waals surface area contributed by atoms with Gasteiger partial charge >= 0.3 is 0 Å². The van der Waals surface area contributed by atoms with Crippen LogP contribution < -0.4 is 0 Å². The van der Waals surface area contributed by atoms with Crippen molar-refractivity contribution in [2.45, 2.75) is 33.1 Å². The largest absolute Gasteiger partial charge is 0.338 e. The van der Waals surface area contributed by atoms with E-state index in [9.17, 15) is 9.59 Å². The van der Waals surface area contributed by atoms with Gasteiger partial charge in [0.15, 0.2) is 0 Å². The second-order valence-corrected chi connectivity index (χ2v) is 7.74. The van der Waals surface area contributed by atoms with Gasteiger partial charge in [0, 0.05) is 38.9 Å². The van der Waals surface area contributed by atoms with Crippen LogP contribution in [0.25, 0.3) is 0 Å². The molecular formula is C21H28N4O2. The molecule has 144 valence electrons. The first-order chi connectivity index (χ1) is 12.7. The summed E-state index contributed by atoms with van der Waals surface area (Å²) in [4.78, 5) is 29.7. The van der Waals surface area contributed by atoms with Crippen molar-refractivity contribution < 1.29 is 9.59 Å². The quantitative estimate of drug-likeness (QED) is 0.835. The third kappa shape index (κ3) is 3.48. The highest BCUT2D eigenvalue weighted by atomic mass is 16.2. The second-order valence-electron chi connectivity index (χ2n) is 7.74. The molecule has 0 radical (unpaired) electrons. The molecule has 0 unspecified atom stereocenters. The van der Waals surface area contributed by atoms with E-state index >= 15 is 0 Å². The highest BCUT2D eigenvalue weighted by Crippen LogP contribution is 2.26. The standard InChI is InChI=1S/C21H28N4O2/c1-15-18(16(2)23(5)22-15)19(26)24-11-13-25(14-12-24)20(27)21(3,4)17-9-7-6-8-10-17/h6-10H,11-14H2,1-5H3. The highest BCUT2D eigenvalue weighted by molar-refractivity contribution is 5.96. The minimum atomic E-state index is -0.579. The fraction of sp³-hybridized carbons (Fsp3) is 0.476. The van der Waals surface area contributed by atoms with E-state index in [0.717, 1.165) is 17.0 Å². The number of piperazine rings is 1. The SMILES string of the molecule is Cc1nn(C)c(C)c1C(=O)N1CCN(C(=O)C(C)(C)c2ccccc2)CC1. The maximum atomic E-state index is 13.1. The van der Waals surface area contributed by atoms with Crippen molar-refractivity contribution in [2.24, 2.45) is 7.05 Å². The Morgan fingerprint density at radius 3 is 2.04 bits per heavy atom. The molecule has 6 nitrogen and oxygen atoms in total. The third-order valence-corrected chi connectivity index (χ3v) is 5.61. The van der Waals surface area contributed by atoms with Gasteiger partial charge in [-0.1, -0.05) is 30.3 Å². The number of hydrogen-bond donors (Lipinski definition) is 0. The number of carbonyl (C=O) groups is 2. The lowest BCUT2D eigenvalue weighted by molar-refractivity contribution is -0.137. The molecule has 1 fully saturated rings. The Morgan fingerprint density at radius 1 is 0.963 bits per heavy atom. The number of amides is 2. The molecule has 2 amide bonds. The van der Waals surface area contributed by atoms with E-state index in [0.29, 0.717) is 31.7 Å². The number of carbonyl (C=O) groups excluding carboxylic acids is 2. The molecule has 6 heteroatoms. The summed E-state index contributed by atoms with van der Waals surface area (Å²) in [6, 6.07) is 9.85. The van der Waals surface area contributed by atoms with E-state index in [4.69, 9.17) is 0 Å². The molecule has 0 spiro atoms. The highest BCUT2D eigenvalue weighted by Gasteiger charge is 2.36. The van der Waals surface area contributed by atoms with Crippen molar-refractivity contribution >= 4 is 11.8 Å². The first kappa shape index (κ1) is 19.1. The lowest BCUT2D eigenvalue weighted by Gasteiger charge is -2.38. The number of hydrogen-bond acceptors (Lipinski definition) is 3. The molecule has 0 bridgehead atoms. The number of aromatic nitrogens is 2. The summed E-state index contributed by atoms with van der Waals surface area (Å²) in [5, 5.41) is 4.34. The average Bonchev–Trinajstić information content (AvgIpc) is 2.93. The Hall–Kier alpha value is -2.63. The van der Waals surface area contributed by atoms with Crippen LogP contribution >= 0.6 is 0 Å². The van der Waals surface area contributed by atoms with Gasteiger partial charge < -0.3 is 9.80 Å². The molecule has 1 aromatic carbocycles. The van der Waals surface area contributed by atoms with Crippen LogP contribution in [0.4, 0.5) is 0 Å². The normalized spacial score (nSPS) is 15.1. The van der Waals surface area contributed by atoms with Crippen molar-refractivity contribution in [3.63, 3.8) is 0 Å². The lowest BCUT2D eigenvalue weighted by Crippen LogP contribution is -2.54. The topological polar surface area (TPSA) is 58.4 Å². The summed E-state index contributed by atoms with van der Waals surface area (Å²) in [5.74, 6) is 0.113. The first-order valence-corrected chi connectivity index (χ1v) is 9.38. The predicted molar refractivity (Wildman–Crippen MR) is 105 cm³/mol. The number of nitrogens with zero attached hydrogens (tertiary/aromatic N) is 4. The number of benzene rings is 1. The zero-order valence-corrected chi connectivity index (χ0v) is 16.8. The van der Waals surface area contributed by atoms with Gasteiger partial charge in [0.2, 0.25) is 5.91 Å². The molecule has 0 saturated carbocycles. The molecule has 1 aliphatic heterocycles. The molecule has 2 heterocycles. The van der Waals surface area contributed by atoms with Crippen molar-refractivity contribution in [2.75, 3.05) is 26.2 Å². The van der Waals surface area contributed by atoms with Crippen LogP contribution in [0.1, 0.15) is 41.2 Å². The van der Waals surface area contributed by atoms with Crippen LogP contribution in [0.3, 0.4) is 0 Å². The van der Waals surface area contributed by atoms with Crippen LogP contribution in [0.15, 0.2) is 30.3 Å². The van der Waals surface area contributed by atoms with Gasteiger partial charge in [-0.15, -0.1) is 0 Å². The van der Waals surface area contributed by atoms with Crippen molar-refractivity contribution in [3.8, 4) is 0 Å². The minimum Gasteiger partial charge on any atom is -0.338 e. The van der Waals surface area contributed by atoms with E-state index in [1.807, 2.05) is 74.9 Å². The average molecular weight is 368 g/mol. The monoisotopic (exact) mass is 368 g/mol. The maximum Gasteiger partial charge on any atom is 0.257 e. The summed E-state index contributed by atoms with van der Waals surface area (Å²) in [6.07, 6.45) is 0. The van der Waals surface area contributed by atoms with Crippen molar-refractivity contribution in [1.82, 2.24) is 19.6 Å². The lowest BCUT2D eigenvalue weighted by atomic mass is 9.83. The van der Waals surface area contributed by atoms with E-state index in [-0.39, 0.29) is 11.8 Å². The Labute approximate surface area is 160 Å². The van der Waals surface area contributed by atoms with Gasteiger partial charge in [-0.2, -0.15) is 5.10 Å². The summed E-state index contributed by atoms with van der Waals surface area (Å²) < 4.78 is 1.74. The van der Waals surface area contributed by atoms with Gasteiger partial charge in [0.25, 0.3) is 5.91 Å². The molecule has 27 heavy (non-hydrogen) atoms. The van der Waals surface area contributed by atoms with Gasteiger partial charge in [-0.25, -0.2) is 0 Å². The van der Waals surface area contributed by atoms with E-state index in [1.165, 1.54) is 0 Å². The van der Waals surface area contributed by atoms with E-state index in [2.05, 4.69) is 5.10 Å². The molecular weight excluding hydrogens is 340 g/mol. The van der Waals surface area contributed by atoms with Crippen molar-refractivity contribution in [3.05, 3.63) is 52.8 Å². The predicted octanol–water partition coefficient (Wildman–Crippen LogP) is 2.30. The molecule has 1 aromatic heterocycles. The summed E-state index contributed by atoms with van der Waals surface area (Å²) in [5.41, 5.74) is 2.74. The van der Waals surface area contributed by atoms with Crippen LogP contribution in [-0.2, 0) is 17.3 Å². The van der Waals surface area contributed by atoms with Gasteiger partial charge in [0.1, 0.15) is 0 Å². The fourth-order valence-electron chi connectivity index (χ4n) is 3.73. The number of rotatable bonds is 3. The summed E-state index contributed by atoms with van der Waals surface area (Å²) in [6.45, 7) is 9.90. The molecule has 3 rings (SSSR count). The molecule has 1 aliphatic rings. The summed E-state index contributed by atoms with van der Waals surface area (Å²) >= 11 is 0. The third-order valence-electron chi connectivity index (χ3n) is 5.61. The minimum absolute atomic E-state index is 0.00696. The van der Waals surface area contributed by atoms with Crippen LogP contribution in [-0.4, -0.2) is 57.6 Å². The van der Waals surface area contributed by atoms with Crippen LogP contribution in [0.2, 0.25) is 0 Å².